The van der Waals surface area contributed by atoms with E-state index in [-0.39, 0.29) is 18.4 Å². The van der Waals surface area contributed by atoms with Crippen molar-refractivity contribution in [1.29, 1.82) is 0 Å². The molecule has 0 saturated carbocycles. The third kappa shape index (κ3) is 7.29. The van der Waals surface area contributed by atoms with E-state index >= 15 is 0 Å². The molecule has 2 N–H and O–H groups in total. The number of aliphatic imine (C=N–C) groups is 1. The number of rotatable bonds is 9. The average Bonchev–Trinajstić information content (AvgIpc) is 3.23. The van der Waals surface area contributed by atoms with Gasteiger partial charge in [0.05, 0.1) is 27.9 Å². The molecule has 10 heteroatoms. The zero-order valence-corrected chi connectivity index (χ0v) is 24.0. The first-order valence-electron chi connectivity index (χ1n) is 11.7. The second-order valence-electron chi connectivity index (χ2n) is 8.15. The van der Waals surface area contributed by atoms with Gasteiger partial charge in [0.2, 0.25) is 0 Å². The van der Waals surface area contributed by atoms with Crippen LogP contribution in [-0.2, 0) is 9.59 Å². The summed E-state index contributed by atoms with van der Waals surface area (Å²) in [4.78, 5) is 30.0. The smallest absolute Gasteiger partial charge is 0.264 e. The van der Waals surface area contributed by atoms with Crippen LogP contribution in [0, 0.1) is 10.5 Å². The van der Waals surface area contributed by atoms with Gasteiger partial charge in [-0.3, -0.25) is 9.59 Å². The van der Waals surface area contributed by atoms with E-state index in [1.807, 2.05) is 68.4 Å². The average molecular weight is 644 g/mol. The number of methoxy groups -OCH3 is 1. The van der Waals surface area contributed by atoms with Gasteiger partial charge >= 0.3 is 0 Å². The number of amides is 2. The van der Waals surface area contributed by atoms with E-state index < -0.39 is 0 Å². The maximum absolute atomic E-state index is 12.6. The highest BCUT2D eigenvalue weighted by molar-refractivity contribution is 14.1. The summed E-state index contributed by atoms with van der Waals surface area (Å²) in [5.41, 5.74) is 3.28. The summed E-state index contributed by atoms with van der Waals surface area (Å²) in [6.45, 7) is 4.09. The van der Waals surface area contributed by atoms with Crippen molar-refractivity contribution in [1.82, 2.24) is 5.32 Å². The van der Waals surface area contributed by atoms with Gasteiger partial charge in [0, 0.05) is 5.69 Å². The lowest BCUT2D eigenvalue weighted by Gasteiger charge is -2.15. The van der Waals surface area contributed by atoms with Gasteiger partial charge in [0.25, 0.3) is 11.8 Å². The van der Waals surface area contributed by atoms with Gasteiger partial charge < -0.3 is 24.8 Å². The van der Waals surface area contributed by atoms with Crippen molar-refractivity contribution in [2.75, 3.05) is 25.6 Å². The van der Waals surface area contributed by atoms with Gasteiger partial charge in [-0.15, -0.1) is 0 Å². The lowest BCUT2D eigenvalue weighted by Crippen LogP contribution is -2.20. The van der Waals surface area contributed by atoms with E-state index in [1.54, 1.807) is 19.3 Å². The van der Waals surface area contributed by atoms with Crippen LogP contribution in [0.5, 0.6) is 17.2 Å². The number of nitrogens with zero attached hydrogens (tertiary/aromatic N) is 1. The number of aryl methyl sites for hydroxylation is 1. The Morgan fingerprint density at radius 2 is 1.84 bits per heavy atom. The lowest BCUT2D eigenvalue weighted by atomic mass is 10.2. The molecule has 4 rings (SSSR count). The summed E-state index contributed by atoms with van der Waals surface area (Å²) in [6.07, 6.45) is 1.77. The second kappa shape index (κ2) is 12.8. The number of benzene rings is 3. The summed E-state index contributed by atoms with van der Waals surface area (Å²) in [7, 11) is 1.60. The maximum atomic E-state index is 12.6. The molecule has 8 nitrogen and oxygen atoms in total. The van der Waals surface area contributed by atoms with Crippen LogP contribution in [0.15, 0.2) is 70.6 Å². The van der Waals surface area contributed by atoms with Gasteiger partial charge in [0.1, 0.15) is 5.75 Å². The molecule has 1 aliphatic heterocycles. The molecule has 38 heavy (non-hydrogen) atoms. The van der Waals surface area contributed by atoms with Crippen LogP contribution in [0.3, 0.4) is 0 Å². The Labute approximate surface area is 239 Å². The molecule has 1 fully saturated rings. The Kier molecular flexibility index (Phi) is 9.29. The number of amidine groups is 1. The highest BCUT2D eigenvalue weighted by Crippen LogP contribution is 2.36. The number of carbonyl (C=O) groups excluding carboxylic acids is 2. The van der Waals surface area contributed by atoms with Gasteiger partial charge in [-0.1, -0.05) is 17.7 Å². The van der Waals surface area contributed by atoms with Crippen molar-refractivity contribution in [2.24, 2.45) is 4.99 Å². The minimum absolute atomic E-state index is 0.173. The fourth-order valence-electron chi connectivity index (χ4n) is 3.45. The Morgan fingerprint density at radius 3 is 2.53 bits per heavy atom. The minimum Gasteiger partial charge on any atom is -0.497 e. The van der Waals surface area contributed by atoms with E-state index in [2.05, 4.69) is 38.2 Å². The highest BCUT2D eigenvalue weighted by atomic mass is 127. The Morgan fingerprint density at radius 1 is 1.11 bits per heavy atom. The molecule has 0 aromatic heterocycles. The molecule has 1 saturated heterocycles. The molecule has 0 radical (unpaired) electrons. The third-order valence-electron chi connectivity index (χ3n) is 5.27. The number of thioether (sulfide) groups is 1. The monoisotopic (exact) mass is 643 g/mol. The molecule has 1 aliphatic rings. The summed E-state index contributed by atoms with van der Waals surface area (Å²) in [5, 5.41) is 6.11. The van der Waals surface area contributed by atoms with Crippen molar-refractivity contribution >= 4 is 68.8 Å². The van der Waals surface area contributed by atoms with Gasteiger partial charge in [0.15, 0.2) is 23.3 Å². The van der Waals surface area contributed by atoms with Crippen LogP contribution in [0.2, 0.25) is 0 Å². The molecule has 1 heterocycles. The molecule has 3 aromatic carbocycles. The first-order valence-corrected chi connectivity index (χ1v) is 13.6. The Hall–Kier alpha value is -3.51. The molecule has 3 aromatic rings. The number of ether oxygens (including phenoxy) is 3. The number of hydrogen-bond donors (Lipinski definition) is 2. The van der Waals surface area contributed by atoms with Gasteiger partial charge in [-0.05, 0) is 108 Å². The van der Waals surface area contributed by atoms with Crippen LogP contribution in [0.25, 0.3) is 6.08 Å². The van der Waals surface area contributed by atoms with E-state index in [0.29, 0.717) is 39.6 Å². The van der Waals surface area contributed by atoms with Crippen LogP contribution in [0.4, 0.5) is 11.4 Å². The molecule has 0 aliphatic carbocycles. The zero-order valence-electron chi connectivity index (χ0n) is 21.0. The number of hydrogen-bond acceptors (Lipinski definition) is 7. The minimum atomic E-state index is -0.277. The van der Waals surface area contributed by atoms with Crippen LogP contribution in [-0.4, -0.2) is 37.3 Å². The van der Waals surface area contributed by atoms with E-state index in [1.165, 1.54) is 11.8 Å². The predicted octanol–water partition coefficient (Wildman–Crippen LogP) is 5.92. The van der Waals surface area contributed by atoms with Crippen LogP contribution in [0.1, 0.15) is 18.1 Å². The number of nitrogens with one attached hydrogen (secondary N) is 2. The van der Waals surface area contributed by atoms with Gasteiger partial charge in [-0.2, -0.15) is 0 Å². The molecule has 0 bridgehead atoms. The Balaban J connectivity index is 1.47. The number of anilines is 1. The van der Waals surface area contributed by atoms with Crippen molar-refractivity contribution in [3.8, 4) is 17.2 Å². The van der Waals surface area contributed by atoms with E-state index in [4.69, 9.17) is 14.2 Å². The van der Waals surface area contributed by atoms with Crippen molar-refractivity contribution in [3.05, 3.63) is 80.3 Å². The quantitative estimate of drug-likeness (QED) is 0.222. The molecule has 0 atom stereocenters. The van der Waals surface area contributed by atoms with E-state index in [0.717, 1.165) is 20.4 Å². The van der Waals surface area contributed by atoms with Crippen molar-refractivity contribution in [3.63, 3.8) is 0 Å². The molecule has 0 unspecified atom stereocenters. The molecule has 2 amide bonds. The fourth-order valence-corrected chi connectivity index (χ4v) is 5.07. The summed E-state index contributed by atoms with van der Waals surface area (Å²) < 4.78 is 17.6. The standard InChI is InChI=1S/C28H26IN3O5S/c1-4-36-23-14-18(13-22(29)26(23)37-16-25(33)30-19-7-5-17(2)6-8-19)15-24-27(34)32-28(38-24)31-20-9-11-21(35-3)12-10-20/h5-15H,4,16H2,1-3H3,(H,30,33)(H,31,32,34)/b24-15+. The van der Waals surface area contributed by atoms with E-state index in [9.17, 15) is 9.59 Å². The summed E-state index contributed by atoms with van der Waals surface area (Å²) >= 11 is 3.39. The third-order valence-corrected chi connectivity index (χ3v) is 6.98. The lowest BCUT2D eigenvalue weighted by molar-refractivity contribution is -0.118. The largest absolute Gasteiger partial charge is 0.497 e. The number of carbonyl (C=O) groups is 2. The fraction of sp³-hybridized carbons (Fsp3) is 0.179. The topological polar surface area (TPSA) is 98.2 Å². The van der Waals surface area contributed by atoms with Crippen molar-refractivity contribution < 1.29 is 23.8 Å². The van der Waals surface area contributed by atoms with Crippen LogP contribution >= 0.6 is 34.4 Å². The summed E-state index contributed by atoms with van der Waals surface area (Å²) in [5.74, 6) is 1.19. The second-order valence-corrected chi connectivity index (χ2v) is 10.3. The first kappa shape index (κ1) is 27.5. The molecular formula is C28H26IN3O5S. The van der Waals surface area contributed by atoms with Crippen molar-refractivity contribution in [2.45, 2.75) is 13.8 Å². The highest BCUT2D eigenvalue weighted by Gasteiger charge is 2.24. The predicted molar refractivity (Wildman–Crippen MR) is 159 cm³/mol. The molecule has 196 valence electrons. The molecular weight excluding hydrogens is 617 g/mol. The number of halogens is 1. The normalized spacial score (nSPS) is 14.9. The SMILES string of the molecule is CCOc1cc(/C=C2/SC(=Nc3ccc(OC)cc3)NC2=O)cc(I)c1OCC(=O)Nc1ccc(C)cc1. The maximum Gasteiger partial charge on any atom is 0.264 e. The zero-order chi connectivity index (χ0) is 27.1. The van der Waals surface area contributed by atoms with Crippen LogP contribution < -0.4 is 24.8 Å². The van der Waals surface area contributed by atoms with Gasteiger partial charge in [-0.25, -0.2) is 4.99 Å². The first-order chi connectivity index (χ1) is 18.3. The Bertz CT molecular complexity index is 1390. The molecule has 0 spiro atoms. The summed E-state index contributed by atoms with van der Waals surface area (Å²) in [6, 6.07) is 18.5.